The van der Waals surface area contributed by atoms with E-state index in [0.717, 1.165) is 60.2 Å². The van der Waals surface area contributed by atoms with Gasteiger partial charge in [-0.15, -0.1) is 5.10 Å². The van der Waals surface area contributed by atoms with E-state index in [1.54, 1.807) is 17.5 Å². The first-order chi connectivity index (χ1) is 13.3. The fourth-order valence-corrected chi connectivity index (χ4v) is 4.08. The Bertz CT molecular complexity index is 1080. The van der Waals surface area contributed by atoms with Gasteiger partial charge in [0.1, 0.15) is 17.3 Å². The number of nitrogens with zero attached hydrogens (tertiary/aromatic N) is 5. The summed E-state index contributed by atoms with van der Waals surface area (Å²) in [6.07, 6.45) is 1.72. The monoisotopic (exact) mass is 377 g/mol. The number of nitrogen functional groups attached to an aromatic ring is 1. The van der Waals surface area contributed by atoms with Crippen molar-refractivity contribution < 1.29 is 0 Å². The molecule has 1 fully saturated rings. The molecular formula is C19H19N7S. The van der Waals surface area contributed by atoms with E-state index in [-0.39, 0.29) is 0 Å². The minimum atomic E-state index is 0.483. The molecule has 7 nitrogen and oxygen atoms in total. The van der Waals surface area contributed by atoms with Crippen LogP contribution in [-0.4, -0.2) is 45.8 Å². The molecule has 1 aliphatic heterocycles. The Balaban J connectivity index is 1.73. The van der Waals surface area contributed by atoms with Gasteiger partial charge in [0, 0.05) is 48.9 Å². The molecule has 3 N–H and O–H groups in total. The van der Waals surface area contributed by atoms with Gasteiger partial charge >= 0.3 is 0 Å². The van der Waals surface area contributed by atoms with E-state index in [0.29, 0.717) is 5.82 Å². The first-order valence-electron chi connectivity index (χ1n) is 8.89. The second-order valence-electron chi connectivity index (χ2n) is 6.49. The van der Waals surface area contributed by atoms with Gasteiger partial charge in [-0.2, -0.15) is 11.3 Å². The van der Waals surface area contributed by atoms with Crippen molar-refractivity contribution in [2.75, 3.05) is 36.8 Å². The second-order valence-corrected chi connectivity index (χ2v) is 7.27. The minimum Gasteiger partial charge on any atom is -0.384 e. The molecule has 0 atom stereocenters. The molecule has 1 saturated heterocycles. The minimum absolute atomic E-state index is 0.483. The molecule has 0 unspecified atom stereocenters. The molecular weight excluding hydrogens is 358 g/mol. The van der Waals surface area contributed by atoms with E-state index >= 15 is 0 Å². The molecule has 0 amide bonds. The number of piperazine rings is 1. The van der Waals surface area contributed by atoms with E-state index in [4.69, 9.17) is 15.8 Å². The standard InChI is InChI=1S/C19H19N7S/c20-15-11-13(3-5-22-15)19-18(14-4-10-27-12-14)23-16-1-2-17(24-26(16)19)25-8-6-21-7-9-25/h1-5,10-12,21H,6-9H2,(H2,20,22). The molecule has 0 spiro atoms. The molecule has 1 aliphatic rings. The summed E-state index contributed by atoms with van der Waals surface area (Å²) in [6, 6.07) is 10.00. The van der Waals surface area contributed by atoms with Crippen LogP contribution < -0.4 is 16.0 Å². The van der Waals surface area contributed by atoms with E-state index in [1.807, 2.05) is 22.7 Å². The summed E-state index contributed by atoms with van der Waals surface area (Å²) in [5.74, 6) is 1.44. The van der Waals surface area contributed by atoms with Crippen molar-refractivity contribution in [3.63, 3.8) is 0 Å². The maximum absolute atomic E-state index is 5.95. The van der Waals surface area contributed by atoms with Gasteiger partial charge in [-0.05, 0) is 35.7 Å². The van der Waals surface area contributed by atoms with Crippen LogP contribution in [0.1, 0.15) is 0 Å². The topological polar surface area (TPSA) is 84.4 Å². The van der Waals surface area contributed by atoms with Gasteiger partial charge in [-0.1, -0.05) is 0 Å². The zero-order chi connectivity index (χ0) is 18.2. The Labute approximate surface area is 160 Å². The highest BCUT2D eigenvalue weighted by Crippen LogP contribution is 2.34. The summed E-state index contributed by atoms with van der Waals surface area (Å²) >= 11 is 1.66. The third kappa shape index (κ3) is 2.92. The highest BCUT2D eigenvalue weighted by Gasteiger charge is 2.20. The average Bonchev–Trinajstić information content (AvgIpc) is 3.35. The lowest BCUT2D eigenvalue weighted by Crippen LogP contribution is -2.44. The smallest absolute Gasteiger partial charge is 0.155 e. The number of fused-ring (bicyclic) bond motifs is 1. The lowest BCUT2D eigenvalue weighted by Gasteiger charge is -2.28. The summed E-state index contributed by atoms with van der Waals surface area (Å²) in [5.41, 5.74) is 10.7. The SMILES string of the molecule is Nc1cc(-c2c(-c3ccsc3)nc3ccc(N4CCNCC4)nn23)ccn1. The molecule has 0 radical (unpaired) electrons. The van der Waals surface area contributed by atoms with Crippen molar-refractivity contribution in [2.45, 2.75) is 0 Å². The molecule has 5 heterocycles. The summed E-state index contributed by atoms with van der Waals surface area (Å²) in [5, 5.41) is 12.5. The van der Waals surface area contributed by atoms with Crippen LogP contribution in [0.5, 0.6) is 0 Å². The Morgan fingerprint density at radius 2 is 1.96 bits per heavy atom. The zero-order valence-electron chi connectivity index (χ0n) is 14.7. The normalized spacial score (nSPS) is 14.7. The number of pyridine rings is 1. The fourth-order valence-electron chi connectivity index (χ4n) is 3.44. The number of nitrogens with two attached hydrogens (primary N) is 1. The summed E-state index contributed by atoms with van der Waals surface area (Å²) in [4.78, 5) is 11.3. The Hall–Kier alpha value is -2.97. The largest absolute Gasteiger partial charge is 0.384 e. The zero-order valence-corrected chi connectivity index (χ0v) is 15.5. The average molecular weight is 377 g/mol. The van der Waals surface area contributed by atoms with E-state index in [9.17, 15) is 0 Å². The van der Waals surface area contributed by atoms with Gasteiger partial charge in [0.2, 0.25) is 0 Å². The highest BCUT2D eigenvalue weighted by molar-refractivity contribution is 7.08. The second kappa shape index (κ2) is 6.64. The lowest BCUT2D eigenvalue weighted by atomic mass is 10.1. The van der Waals surface area contributed by atoms with Crippen molar-refractivity contribution in [3.05, 3.63) is 47.3 Å². The van der Waals surface area contributed by atoms with E-state index in [2.05, 4.69) is 38.1 Å². The van der Waals surface area contributed by atoms with Crippen LogP contribution in [0.3, 0.4) is 0 Å². The number of hydrogen-bond acceptors (Lipinski definition) is 7. The van der Waals surface area contributed by atoms with E-state index in [1.165, 1.54) is 0 Å². The maximum Gasteiger partial charge on any atom is 0.155 e. The molecule has 5 rings (SSSR count). The molecule has 0 saturated carbocycles. The van der Waals surface area contributed by atoms with Crippen molar-refractivity contribution >= 4 is 28.6 Å². The third-order valence-corrected chi connectivity index (χ3v) is 5.44. The van der Waals surface area contributed by atoms with Crippen LogP contribution in [0.2, 0.25) is 0 Å². The van der Waals surface area contributed by atoms with Crippen molar-refractivity contribution in [2.24, 2.45) is 0 Å². The van der Waals surface area contributed by atoms with Crippen molar-refractivity contribution in [1.82, 2.24) is 24.9 Å². The molecule has 0 aliphatic carbocycles. The van der Waals surface area contributed by atoms with Gasteiger partial charge < -0.3 is 16.0 Å². The van der Waals surface area contributed by atoms with Crippen molar-refractivity contribution in [3.8, 4) is 22.5 Å². The molecule has 136 valence electrons. The first kappa shape index (κ1) is 16.2. The number of thiophene rings is 1. The quantitative estimate of drug-likeness (QED) is 0.571. The number of rotatable bonds is 3. The van der Waals surface area contributed by atoms with Crippen molar-refractivity contribution in [1.29, 1.82) is 0 Å². The predicted octanol–water partition coefficient (Wildman–Crippen LogP) is 2.51. The lowest BCUT2D eigenvalue weighted by molar-refractivity contribution is 0.582. The van der Waals surface area contributed by atoms with Crippen LogP contribution in [0.4, 0.5) is 11.6 Å². The summed E-state index contributed by atoms with van der Waals surface area (Å²) in [7, 11) is 0. The Kier molecular flexibility index (Phi) is 3.99. The predicted molar refractivity (Wildman–Crippen MR) is 109 cm³/mol. The van der Waals surface area contributed by atoms with Crippen LogP contribution in [0.25, 0.3) is 28.2 Å². The van der Waals surface area contributed by atoms with Gasteiger partial charge in [0.15, 0.2) is 5.65 Å². The fraction of sp³-hybridized carbons (Fsp3) is 0.211. The number of aromatic nitrogens is 4. The third-order valence-electron chi connectivity index (χ3n) is 4.75. The van der Waals surface area contributed by atoms with Crippen LogP contribution in [0.15, 0.2) is 47.3 Å². The number of anilines is 2. The highest BCUT2D eigenvalue weighted by atomic mass is 32.1. The van der Waals surface area contributed by atoms with Crippen LogP contribution in [0, 0.1) is 0 Å². The molecule has 4 aromatic rings. The summed E-state index contributed by atoms with van der Waals surface area (Å²) in [6.45, 7) is 3.83. The molecule has 4 aromatic heterocycles. The van der Waals surface area contributed by atoms with E-state index < -0.39 is 0 Å². The maximum atomic E-state index is 5.95. The Morgan fingerprint density at radius 3 is 2.74 bits per heavy atom. The Morgan fingerprint density at radius 1 is 1.07 bits per heavy atom. The molecule has 0 bridgehead atoms. The van der Waals surface area contributed by atoms with Gasteiger partial charge in [-0.25, -0.2) is 14.5 Å². The molecule has 27 heavy (non-hydrogen) atoms. The number of imidazole rings is 1. The molecule has 8 heteroatoms. The summed E-state index contributed by atoms with van der Waals surface area (Å²) < 4.78 is 1.93. The van der Waals surface area contributed by atoms with Gasteiger partial charge in [0.25, 0.3) is 0 Å². The first-order valence-corrected chi connectivity index (χ1v) is 9.84. The number of nitrogens with one attached hydrogen (secondary N) is 1. The van der Waals surface area contributed by atoms with Gasteiger partial charge in [0.05, 0.1) is 5.69 Å². The molecule has 0 aromatic carbocycles. The number of hydrogen-bond donors (Lipinski definition) is 2. The van der Waals surface area contributed by atoms with Crippen LogP contribution >= 0.6 is 11.3 Å². The van der Waals surface area contributed by atoms with Gasteiger partial charge in [-0.3, -0.25) is 0 Å². The van der Waals surface area contributed by atoms with Crippen LogP contribution in [-0.2, 0) is 0 Å².